The van der Waals surface area contributed by atoms with Gasteiger partial charge in [0.2, 0.25) is 0 Å². The lowest BCUT2D eigenvalue weighted by molar-refractivity contribution is -0.00808. The average molecular weight is 463 g/mol. The van der Waals surface area contributed by atoms with E-state index in [1.807, 2.05) is 31.2 Å². The summed E-state index contributed by atoms with van der Waals surface area (Å²) in [7, 11) is 3.80. The number of unbranched alkanes of at least 4 members (excludes halogenated alkanes) is 1. The monoisotopic (exact) mass is 463 g/mol. The number of hydrogen-bond donors (Lipinski definition) is 1. The molecule has 2 unspecified atom stereocenters. The molecule has 0 saturated carbocycles. The predicted molar refractivity (Wildman–Crippen MR) is 114 cm³/mol. The maximum atomic E-state index is 5.92. The van der Waals surface area contributed by atoms with E-state index < -0.39 is 0 Å². The van der Waals surface area contributed by atoms with Crippen molar-refractivity contribution in [2.45, 2.75) is 45.6 Å². The average Bonchev–Trinajstić information content (AvgIpc) is 3.05. The molecule has 1 fully saturated rings. The van der Waals surface area contributed by atoms with Crippen LogP contribution in [0.4, 0.5) is 0 Å². The molecule has 1 aromatic rings. The summed E-state index contributed by atoms with van der Waals surface area (Å²) in [6.07, 6.45) is 9.06. The van der Waals surface area contributed by atoms with Crippen molar-refractivity contribution >= 4 is 29.9 Å². The second kappa shape index (κ2) is 11.7. The Morgan fingerprint density at radius 2 is 2.28 bits per heavy atom. The summed E-state index contributed by atoms with van der Waals surface area (Å²) >= 11 is 0. The molecule has 7 heteroatoms. The minimum absolute atomic E-state index is 0. The van der Waals surface area contributed by atoms with Crippen molar-refractivity contribution in [3.63, 3.8) is 0 Å². The van der Waals surface area contributed by atoms with Crippen LogP contribution in [-0.2, 0) is 11.8 Å². The van der Waals surface area contributed by atoms with E-state index >= 15 is 0 Å². The first kappa shape index (κ1) is 22.2. The Balaban J connectivity index is 0.00000312. The minimum atomic E-state index is 0. The topological polar surface area (TPSA) is 54.7 Å². The molecule has 1 saturated heterocycles. The fourth-order valence-electron chi connectivity index (χ4n) is 3.16. The van der Waals surface area contributed by atoms with E-state index in [4.69, 9.17) is 4.74 Å². The molecule has 25 heavy (non-hydrogen) atoms. The number of morpholine rings is 1. The maximum Gasteiger partial charge on any atom is 0.193 e. The van der Waals surface area contributed by atoms with Crippen molar-refractivity contribution in [3.8, 4) is 0 Å². The molecule has 144 valence electrons. The second-order valence-corrected chi connectivity index (χ2v) is 6.60. The molecule has 1 N–H and O–H groups in total. The lowest BCUT2D eigenvalue weighted by Crippen LogP contribution is -2.49. The molecule has 1 aromatic heterocycles. The van der Waals surface area contributed by atoms with Gasteiger partial charge in [0.15, 0.2) is 5.96 Å². The molecule has 0 bridgehead atoms. The molecule has 0 spiro atoms. The van der Waals surface area contributed by atoms with Gasteiger partial charge >= 0.3 is 0 Å². The minimum Gasteiger partial charge on any atom is -0.370 e. The highest BCUT2D eigenvalue weighted by atomic mass is 127. The highest BCUT2D eigenvalue weighted by Gasteiger charge is 2.25. The van der Waals surface area contributed by atoms with Crippen LogP contribution < -0.4 is 5.32 Å². The number of ether oxygens (including phenoxy) is 1. The molecule has 0 amide bonds. The summed E-state index contributed by atoms with van der Waals surface area (Å²) < 4.78 is 7.75. The summed E-state index contributed by atoms with van der Waals surface area (Å²) in [5, 5.41) is 7.83. The van der Waals surface area contributed by atoms with Crippen molar-refractivity contribution in [2.75, 3.05) is 33.3 Å². The van der Waals surface area contributed by atoms with Gasteiger partial charge in [-0.3, -0.25) is 9.67 Å². The van der Waals surface area contributed by atoms with Crippen LogP contribution in [0.2, 0.25) is 0 Å². The van der Waals surface area contributed by atoms with Crippen molar-refractivity contribution in [2.24, 2.45) is 18.0 Å². The molecule has 0 radical (unpaired) electrons. The predicted octanol–water partition coefficient (Wildman–Crippen LogP) is 3.20. The van der Waals surface area contributed by atoms with Crippen LogP contribution in [-0.4, -0.2) is 53.9 Å². The fourth-order valence-corrected chi connectivity index (χ4v) is 3.16. The van der Waals surface area contributed by atoms with Crippen LogP contribution in [0.25, 0.3) is 0 Å². The maximum absolute atomic E-state index is 5.92. The Labute approximate surface area is 169 Å². The second-order valence-electron chi connectivity index (χ2n) is 6.60. The van der Waals surface area contributed by atoms with Gasteiger partial charge < -0.3 is 15.0 Å². The number of aliphatic imine (C=N–C) groups is 1. The lowest BCUT2D eigenvalue weighted by atomic mass is 9.99. The number of nitrogens with one attached hydrogen (secondary N) is 1. The smallest absolute Gasteiger partial charge is 0.193 e. The van der Waals surface area contributed by atoms with E-state index in [2.05, 4.69) is 34.2 Å². The van der Waals surface area contributed by atoms with Gasteiger partial charge in [0.1, 0.15) is 6.10 Å². The number of halogens is 1. The molecule has 1 aliphatic heterocycles. The zero-order valence-corrected chi connectivity index (χ0v) is 18.4. The first-order valence-corrected chi connectivity index (χ1v) is 9.23. The van der Waals surface area contributed by atoms with Gasteiger partial charge in [0, 0.05) is 38.9 Å². The molecule has 6 nitrogen and oxygen atoms in total. The van der Waals surface area contributed by atoms with Crippen LogP contribution in [0.15, 0.2) is 17.4 Å². The Kier molecular flexibility index (Phi) is 10.4. The van der Waals surface area contributed by atoms with Crippen molar-refractivity contribution in [3.05, 3.63) is 18.0 Å². The third kappa shape index (κ3) is 6.77. The van der Waals surface area contributed by atoms with Crippen molar-refractivity contribution in [1.29, 1.82) is 0 Å². The van der Waals surface area contributed by atoms with Crippen molar-refractivity contribution in [1.82, 2.24) is 20.0 Å². The largest absolute Gasteiger partial charge is 0.370 e. The summed E-state index contributed by atoms with van der Waals surface area (Å²) in [5.74, 6) is 1.71. The summed E-state index contributed by atoms with van der Waals surface area (Å²) in [6, 6.07) is 0. The van der Waals surface area contributed by atoms with Crippen LogP contribution in [0, 0.1) is 5.92 Å². The molecular formula is C18H34IN5O. The number of hydrogen-bond acceptors (Lipinski definition) is 3. The third-order valence-electron chi connectivity index (χ3n) is 4.77. The van der Waals surface area contributed by atoms with Gasteiger partial charge in [-0.25, -0.2) is 0 Å². The molecular weight excluding hydrogens is 429 g/mol. The van der Waals surface area contributed by atoms with E-state index in [1.54, 1.807) is 0 Å². The Bertz CT molecular complexity index is 519. The van der Waals surface area contributed by atoms with E-state index in [9.17, 15) is 0 Å². The standard InChI is InChI=1S/C18H33N5O.HI/c1-5-7-8-15(6-2)11-20-18(19-3)23-9-10-24-17(14-23)16-12-21-22(4)13-16;/h12-13,15,17H,5-11,14H2,1-4H3,(H,19,20);1H. The van der Waals surface area contributed by atoms with Crippen LogP contribution in [0.5, 0.6) is 0 Å². The number of aryl methyl sites for hydroxylation is 1. The van der Waals surface area contributed by atoms with Gasteiger partial charge in [0.05, 0.1) is 19.3 Å². The van der Waals surface area contributed by atoms with Gasteiger partial charge in [-0.1, -0.05) is 33.1 Å². The first-order valence-electron chi connectivity index (χ1n) is 9.23. The summed E-state index contributed by atoms with van der Waals surface area (Å²) in [4.78, 5) is 6.79. The molecule has 2 rings (SSSR count). The van der Waals surface area contributed by atoms with E-state index in [0.29, 0.717) is 6.61 Å². The number of rotatable bonds is 7. The highest BCUT2D eigenvalue weighted by molar-refractivity contribution is 14.0. The zero-order valence-electron chi connectivity index (χ0n) is 16.1. The Hall–Kier alpha value is -0.830. The normalized spacial score (nSPS) is 19.4. The molecule has 0 aliphatic carbocycles. The Morgan fingerprint density at radius 1 is 1.48 bits per heavy atom. The number of aromatic nitrogens is 2. The highest BCUT2D eigenvalue weighted by Crippen LogP contribution is 2.21. The number of nitrogens with zero attached hydrogens (tertiary/aromatic N) is 4. The van der Waals surface area contributed by atoms with E-state index in [-0.39, 0.29) is 30.1 Å². The molecule has 2 atom stereocenters. The zero-order chi connectivity index (χ0) is 17.4. The van der Waals surface area contributed by atoms with Crippen molar-refractivity contribution < 1.29 is 4.74 Å². The first-order chi connectivity index (χ1) is 11.7. The van der Waals surface area contributed by atoms with E-state index in [0.717, 1.165) is 37.1 Å². The molecule has 0 aromatic carbocycles. The van der Waals surface area contributed by atoms with Gasteiger partial charge in [0.25, 0.3) is 0 Å². The summed E-state index contributed by atoms with van der Waals surface area (Å²) in [6.45, 7) is 7.94. The Morgan fingerprint density at radius 3 is 2.88 bits per heavy atom. The molecule has 2 heterocycles. The number of guanidine groups is 1. The van der Waals surface area contributed by atoms with Gasteiger partial charge in [-0.05, 0) is 12.3 Å². The van der Waals surface area contributed by atoms with Gasteiger partial charge in [-0.2, -0.15) is 5.10 Å². The quantitative estimate of drug-likeness (QED) is 0.384. The molecule has 1 aliphatic rings. The SMILES string of the molecule is CCCCC(CC)CNC(=NC)N1CCOC(c2cnn(C)c2)C1.I. The lowest BCUT2D eigenvalue weighted by Gasteiger charge is -2.35. The van der Waals surface area contributed by atoms with Crippen LogP contribution in [0.1, 0.15) is 51.2 Å². The van der Waals surface area contributed by atoms with Crippen LogP contribution >= 0.6 is 24.0 Å². The van der Waals surface area contributed by atoms with Gasteiger partial charge in [-0.15, -0.1) is 24.0 Å². The third-order valence-corrected chi connectivity index (χ3v) is 4.77. The fraction of sp³-hybridized carbons (Fsp3) is 0.778. The van der Waals surface area contributed by atoms with Crippen LogP contribution in [0.3, 0.4) is 0 Å². The van der Waals surface area contributed by atoms with E-state index in [1.165, 1.54) is 25.7 Å². The summed E-state index contributed by atoms with van der Waals surface area (Å²) in [5.41, 5.74) is 1.13.